The Kier molecular flexibility index (Phi) is 2.83. The van der Waals surface area contributed by atoms with Gasteiger partial charge in [0, 0.05) is 0 Å². The van der Waals surface area contributed by atoms with E-state index in [2.05, 4.69) is 0 Å². The van der Waals surface area contributed by atoms with Crippen LogP contribution in [0.1, 0.15) is 0 Å². The van der Waals surface area contributed by atoms with E-state index in [4.69, 9.17) is 11.6 Å². The van der Waals surface area contributed by atoms with E-state index in [9.17, 15) is 13.2 Å². The molecule has 0 fully saturated rings. The maximum atomic E-state index is 10.9. The van der Waals surface area contributed by atoms with Crippen molar-refractivity contribution >= 4 is 23.4 Å². The Hall–Kier alpha value is 0.430. The minimum Gasteiger partial charge on any atom is -0.160 e. The second-order valence-electron chi connectivity index (χ2n) is 0.699. The minimum absolute atomic E-state index is 0.246. The van der Waals surface area contributed by atoms with E-state index in [-0.39, 0.29) is 11.8 Å². The van der Waals surface area contributed by atoms with Gasteiger partial charge in [0.2, 0.25) is 0 Å². The molecule has 0 N–H and O–H groups in total. The van der Waals surface area contributed by atoms with Gasteiger partial charge in [-0.2, -0.15) is 13.2 Å². The Morgan fingerprint density at radius 3 is 1.86 bits per heavy atom. The number of hydrogen-bond donors (Lipinski definition) is 0. The highest BCUT2D eigenvalue weighted by molar-refractivity contribution is 8.01. The van der Waals surface area contributed by atoms with Gasteiger partial charge >= 0.3 is 5.51 Å². The summed E-state index contributed by atoms with van der Waals surface area (Å²) in [4.78, 5) is 0. The molecule has 44 valence electrons. The van der Waals surface area contributed by atoms with Crippen molar-refractivity contribution < 1.29 is 13.2 Å². The summed E-state index contributed by atoms with van der Waals surface area (Å²) >= 11 is 4.48. The second kappa shape index (κ2) is 2.67. The first-order chi connectivity index (χ1) is 3.06. The van der Waals surface area contributed by atoms with Gasteiger partial charge in [-0.3, -0.25) is 0 Å². The van der Waals surface area contributed by atoms with E-state index in [1.165, 1.54) is 0 Å². The van der Waals surface area contributed by atoms with Crippen molar-refractivity contribution in [2.75, 3.05) is 5.21 Å². The largest absolute Gasteiger partial charge is 0.442 e. The van der Waals surface area contributed by atoms with Gasteiger partial charge < -0.3 is 0 Å². The van der Waals surface area contributed by atoms with Crippen LogP contribution in [0.4, 0.5) is 13.2 Å². The molecule has 0 radical (unpaired) electrons. The number of hydrogen-bond acceptors (Lipinski definition) is 1. The van der Waals surface area contributed by atoms with Crippen LogP contribution in [0, 0.1) is 0 Å². The van der Waals surface area contributed by atoms with Gasteiger partial charge in [0.05, 0.1) is 5.21 Å². The summed E-state index contributed by atoms with van der Waals surface area (Å²) in [6.45, 7) is 0. The third-order valence-corrected chi connectivity index (χ3v) is 0.982. The van der Waals surface area contributed by atoms with Crippen molar-refractivity contribution in [1.29, 1.82) is 0 Å². The maximum Gasteiger partial charge on any atom is 0.442 e. The topological polar surface area (TPSA) is 0 Å². The van der Waals surface area contributed by atoms with E-state index in [0.717, 1.165) is 0 Å². The Balaban J connectivity index is 3.15. The van der Waals surface area contributed by atoms with E-state index in [1.807, 2.05) is 0 Å². The lowest BCUT2D eigenvalue weighted by Crippen LogP contribution is -1.98. The lowest BCUT2D eigenvalue weighted by atomic mass is 11.6. The lowest BCUT2D eigenvalue weighted by molar-refractivity contribution is -0.0325. The molecule has 0 nitrogen and oxygen atoms in total. The summed E-state index contributed by atoms with van der Waals surface area (Å²) in [5.41, 5.74) is -4.16. The standard InChI is InChI=1S/C2H2ClF3S/c3-1-7-2(4,5)6/h1H2. The van der Waals surface area contributed by atoms with Crippen LogP contribution in [-0.2, 0) is 0 Å². The molecule has 0 heterocycles. The van der Waals surface area contributed by atoms with E-state index >= 15 is 0 Å². The van der Waals surface area contributed by atoms with Crippen molar-refractivity contribution in [3.8, 4) is 0 Å². The molecule has 0 saturated carbocycles. The second-order valence-corrected chi connectivity index (χ2v) is 2.32. The van der Waals surface area contributed by atoms with Crippen LogP contribution in [0.3, 0.4) is 0 Å². The maximum absolute atomic E-state index is 10.9. The smallest absolute Gasteiger partial charge is 0.160 e. The first-order valence-electron chi connectivity index (χ1n) is 1.33. The summed E-state index contributed by atoms with van der Waals surface area (Å²) in [6.07, 6.45) is 0. The fourth-order valence-corrected chi connectivity index (χ4v) is 0.557. The molecule has 0 bridgehead atoms. The molecule has 5 heteroatoms. The van der Waals surface area contributed by atoms with Crippen molar-refractivity contribution in [2.45, 2.75) is 5.51 Å². The molecule has 7 heavy (non-hydrogen) atoms. The Morgan fingerprint density at radius 2 is 1.86 bits per heavy atom. The summed E-state index contributed by atoms with van der Waals surface area (Å²) in [5, 5.41) is -0.427. The summed E-state index contributed by atoms with van der Waals surface area (Å²) in [5.74, 6) is 0. The van der Waals surface area contributed by atoms with Gasteiger partial charge in [0.25, 0.3) is 0 Å². The third kappa shape index (κ3) is 6.43. The Bertz CT molecular complexity index is 51.4. The highest BCUT2D eigenvalue weighted by atomic mass is 35.5. The predicted molar refractivity (Wildman–Crippen MR) is 24.4 cm³/mol. The number of thioether (sulfide) groups is 1. The zero-order valence-electron chi connectivity index (χ0n) is 3.13. The molecule has 0 aromatic carbocycles. The SMILES string of the molecule is FC(F)(F)SCCl. The van der Waals surface area contributed by atoms with Crippen LogP contribution < -0.4 is 0 Å². The summed E-state index contributed by atoms with van der Waals surface area (Å²) in [7, 11) is 0. The summed E-state index contributed by atoms with van der Waals surface area (Å²) < 4.78 is 32.8. The van der Waals surface area contributed by atoms with Crippen LogP contribution >= 0.6 is 23.4 Å². The molecule has 0 atom stereocenters. The van der Waals surface area contributed by atoms with Gasteiger partial charge in [-0.15, -0.1) is 11.6 Å². The monoisotopic (exact) mass is 150 g/mol. The van der Waals surface area contributed by atoms with Crippen molar-refractivity contribution in [1.82, 2.24) is 0 Å². The first kappa shape index (κ1) is 7.43. The van der Waals surface area contributed by atoms with Crippen molar-refractivity contribution in [3.63, 3.8) is 0 Å². The Morgan fingerprint density at radius 1 is 1.43 bits per heavy atom. The number of alkyl halides is 4. The van der Waals surface area contributed by atoms with Crippen LogP contribution in [0.2, 0.25) is 0 Å². The predicted octanol–water partition coefficient (Wildman–Crippen LogP) is 2.44. The average molecular weight is 151 g/mol. The highest BCUT2D eigenvalue weighted by Crippen LogP contribution is 2.30. The highest BCUT2D eigenvalue weighted by Gasteiger charge is 2.26. The number of rotatable bonds is 1. The zero-order valence-corrected chi connectivity index (χ0v) is 4.70. The quantitative estimate of drug-likeness (QED) is 0.518. The molecule has 0 saturated heterocycles. The fraction of sp³-hybridized carbons (Fsp3) is 1.00. The molecule has 0 unspecified atom stereocenters. The van der Waals surface area contributed by atoms with E-state index < -0.39 is 10.7 Å². The number of halogens is 4. The molecule has 0 aliphatic heterocycles. The molecule has 0 amide bonds. The molecule has 0 spiro atoms. The Labute approximate surface area is 48.0 Å². The van der Waals surface area contributed by atoms with E-state index in [0.29, 0.717) is 0 Å². The summed E-state index contributed by atoms with van der Waals surface area (Å²) in [6, 6.07) is 0. The molecular formula is C2H2ClF3S. The molecule has 0 rings (SSSR count). The minimum atomic E-state index is -4.16. The first-order valence-corrected chi connectivity index (χ1v) is 2.85. The lowest BCUT2D eigenvalue weighted by Gasteiger charge is -1.98. The van der Waals surface area contributed by atoms with Gasteiger partial charge in [-0.1, -0.05) is 0 Å². The molecule has 0 aliphatic rings. The molecular weight excluding hydrogens is 149 g/mol. The van der Waals surface area contributed by atoms with Gasteiger partial charge in [0.1, 0.15) is 0 Å². The van der Waals surface area contributed by atoms with Crippen LogP contribution in [-0.4, -0.2) is 10.7 Å². The van der Waals surface area contributed by atoms with E-state index in [1.54, 1.807) is 0 Å². The molecule has 0 aromatic rings. The van der Waals surface area contributed by atoms with Crippen LogP contribution in [0.15, 0.2) is 0 Å². The van der Waals surface area contributed by atoms with Gasteiger partial charge in [-0.05, 0) is 11.8 Å². The normalized spacial score (nSPS) is 12.0. The average Bonchev–Trinajstić information content (AvgIpc) is 1.30. The molecule has 0 aliphatic carbocycles. The zero-order chi connectivity index (χ0) is 5.91. The van der Waals surface area contributed by atoms with Crippen LogP contribution in [0.25, 0.3) is 0 Å². The van der Waals surface area contributed by atoms with Crippen molar-refractivity contribution in [2.24, 2.45) is 0 Å². The third-order valence-electron chi connectivity index (χ3n) is 0.218. The fourth-order valence-electron chi connectivity index (χ4n) is 0.0619. The van der Waals surface area contributed by atoms with Crippen LogP contribution in [0.5, 0.6) is 0 Å². The van der Waals surface area contributed by atoms with Crippen molar-refractivity contribution in [3.05, 3.63) is 0 Å². The molecule has 0 aromatic heterocycles. The van der Waals surface area contributed by atoms with Gasteiger partial charge in [-0.25, -0.2) is 0 Å². The van der Waals surface area contributed by atoms with Gasteiger partial charge in [0.15, 0.2) is 0 Å².